The molecule has 2 N–H and O–H groups in total. The van der Waals surface area contributed by atoms with Crippen LogP contribution in [0.25, 0.3) is 0 Å². The van der Waals surface area contributed by atoms with Gasteiger partial charge >= 0.3 is 18.1 Å². The molecule has 0 aliphatic heterocycles. The Bertz CT molecular complexity index is 256. The fourth-order valence-corrected chi connectivity index (χ4v) is 0.806. The third-order valence-electron chi connectivity index (χ3n) is 1.77. The largest absolute Gasteiger partial charge is 0.480 e. The molecule has 0 spiro atoms. The van der Waals surface area contributed by atoms with E-state index in [0.29, 0.717) is 0 Å². The third kappa shape index (κ3) is 1.90. The first-order chi connectivity index (χ1) is 5.78. The first-order valence-corrected chi connectivity index (χ1v) is 3.41. The number of nitrogens with one attached hydrogen (secondary N) is 1. The summed E-state index contributed by atoms with van der Waals surface area (Å²) in [5.41, 5.74) is -1.67. The van der Waals surface area contributed by atoms with Crippen LogP contribution >= 0.6 is 0 Å². The maximum Gasteiger partial charge on any atom is 0.471 e. The minimum atomic E-state index is -5.02. The van der Waals surface area contributed by atoms with Crippen molar-refractivity contribution in [2.24, 2.45) is 0 Å². The molecule has 1 amide bonds. The average molecular weight is 197 g/mol. The van der Waals surface area contributed by atoms with E-state index >= 15 is 0 Å². The zero-order valence-corrected chi connectivity index (χ0v) is 6.31. The highest BCUT2D eigenvalue weighted by Gasteiger charge is 2.55. The molecule has 1 aliphatic rings. The zero-order valence-electron chi connectivity index (χ0n) is 6.31. The first kappa shape index (κ1) is 9.82. The van der Waals surface area contributed by atoms with Gasteiger partial charge in [-0.1, -0.05) is 0 Å². The molecule has 74 valence electrons. The van der Waals surface area contributed by atoms with Crippen LogP contribution in [0.2, 0.25) is 0 Å². The van der Waals surface area contributed by atoms with Gasteiger partial charge in [-0.2, -0.15) is 13.2 Å². The minimum Gasteiger partial charge on any atom is -0.480 e. The second-order valence-corrected chi connectivity index (χ2v) is 2.84. The maximum absolute atomic E-state index is 11.7. The molecule has 0 aromatic heterocycles. The third-order valence-corrected chi connectivity index (χ3v) is 1.77. The summed E-state index contributed by atoms with van der Waals surface area (Å²) >= 11 is 0. The van der Waals surface area contributed by atoms with Crippen molar-refractivity contribution in [3.63, 3.8) is 0 Å². The number of carbonyl (C=O) groups is 2. The Labute approximate surface area is 70.7 Å². The van der Waals surface area contributed by atoms with Crippen molar-refractivity contribution in [2.45, 2.75) is 24.6 Å². The Morgan fingerprint density at radius 2 is 1.77 bits per heavy atom. The van der Waals surface area contributed by atoms with E-state index in [1.54, 1.807) is 0 Å². The van der Waals surface area contributed by atoms with Crippen LogP contribution in [0.5, 0.6) is 0 Å². The van der Waals surface area contributed by atoms with E-state index in [1.165, 1.54) is 5.32 Å². The van der Waals surface area contributed by atoms with Crippen molar-refractivity contribution < 1.29 is 27.9 Å². The standard InChI is InChI=1S/C6H6F3NO3/c7-6(8,9)3(11)10-5(1-2-5)4(12)13/h1-2H2,(H,10,11)(H,12,13). The highest BCUT2D eigenvalue weighted by atomic mass is 19.4. The molecule has 0 radical (unpaired) electrons. The smallest absolute Gasteiger partial charge is 0.471 e. The molecule has 4 nitrogen and oxygen atoms in total. The Morgan fingerprint density at radius 3 is 2.00 bits per heavy atom. The number of hydrogen-bond acceptors (Lipinski definition) is 2. The van der Waals surface area contributed by atoms with E-state index in [-0.39, 0.29) is 12.8 Å². The summed E-state index contributed by atoms with van der Waals surface area (Å²) in [5.74, 6) is -3.63. The summed E-state index contributed by atoms with van der Waals surface area (Å²) in [4.78, 5) is 20.7. The van der Waals surface area contributed by atoms with Gasteiger partial charge in [0, 0.05) is 0 Å². The number of rotatable bonds is 2. The predicted molar refractivity (Wildman–Crippen MR) is 33.8 cm³/mol. The van der Waals surface area contributed by atoms with Gasteiger partial charge in [0.1, 0.15) is 5.54 Å². The number of halogens is 3. The summed E-state index contributed by atoms with van der Waals surface area (Å²) in [7, 11) is 0. The van der Waals surface area contributed by atoms with Crippen LogP contribution in [0, 0.1) is 0 Å². The Kier molecular flexibility index (Phi) is 1.97. The van der Waals surface area contributed by atoms with Gasteiger partial charge in [-0.3, -0.25) is 4.79 Å². The number of amides is 1. The molecule has 0 bridgehead atoms. The fraction of sp³-hybridized carbons (Fsp3) is 0.667. The molecule has 1 fully saturated rings. The summed E-state index contributed by atoms with van der Waals surface area (Å²) in [6.45, 7) is 0. The lowest BCUT2D eigenvalue weighted by Crippen LogP contribution is -2.48. The number of carbonyl (C=O) groups excluding carboxylic acids is 1. The van der Waals surface area contributed by atoms with Crippen molar-refractivity contribution in [3.8, 4) is 0 Å². The number of hydrogen-bond donors (Lipinski definition) is 2. The Hall–Kier alpha value is -1.27. The van der Waals surface area contributed by atoms with Gasteiger partial charge in [0.05, 0.1) is 0 Å². The van der Waals surface area contributed by atoms with E-state index in [2.05, 4.69) is 0 Å². The monoisotopic (exact) mass is 197 g/mol. The van der Waals surface area contributed by atoms with Crippen LogP contribution in [0.1, 0.15) is 12.8 Å². The lowest BCUT2D eigenvalue weighted by molar-refractivity contribution is -0.176. The van der Waals surface area contributed by atoms with Crippen LogP contribution in [-0.4, -0.2) is 28.7 Å². The first-order valence-electron chi connectivity index (χ1n) is 3.41. The molecule has 0 aromatic carbocycles. The fourth-order valence-electron chi connectivity index (χ4n) is 0.806. The predicted octanol–water partition coefficient (Wildman–Crippen LogP) is 0.282. The van der Waals surface area contributed by atoms with E-state index in [9.17, 15) is 22.8 Å². The van der Waals surface area contributed by atoms with Gasteiger partial charge in [-0.05, 0) is 12.8 Å². The van der Waals surface area contributed by atoms with Crippen LogP contribution in [0.15, 0.2) is 0 Å². The normalized spacial score (nSPS) is 19.3. The number of carboxylic acid groups (broad SMARTS) is 1. The molecular weight excluding hydrogens is 191 g/mol. The van der Waals surface area contributed by atoms with E-state index in [4.69, 9.17) is 5.11 Å². The van der Waals surface area contributed by atoms with Crippen LogP contribution in [-0.2, 0) is 9.59 Å². The summed E-state index contributed by atoms with van der Waals surface area (Å²) in [6.07, 6.45) is -4.93. The average Bonchev–Trinajstić information content (AvgIpc) is 2.66. The van der Waals surface area contributed by atoms with Gasteiger partial charge in [-0.25, -0.2) is 4.79 Å². The maximum atomic E-state index is 11.7. The quantitative estimate of drug-likeness (QED) is 0.668. The lowest BCUT2D eigenvalue weighted by Gasteiger charge is -2.13. The molecular formula is C6H6F3NO3. The Balaban J connectivity index is 2.60. The van der Waals surface area contributed by atoms with E-state index in [0.717, 1.165) is 0 Å². The molecule has 7 heteroatoms. The summed E-state index contributed by atoms with van der Waals surface area (Å²) in [5, 5.41) is 9.88. The van der Waals surface area contributed by atoms with Gasteiger partial charge < -0.3 is 10.4 Å². The van der Waals surface area contributed by atoms with Crippen LogP contribution < -0.4 is 5.32 Å². The van der Waals surface area contributed by atoms with Gasteiger partial charge in [0.25, 0.3) is 0 Å². The Morgan fingerprint density at radius 1 is 1.31 bits per heavy atom. The molecule has 0 unspecified atom stereocenters. The summed E-state index contributed by atoms with van der Waals surface area (Å²) < 4.78 is 35.0. The highest BCUT2D eigenvalue weighted by molar-refractivity contribution is 5.91. The van der Waals surface area contributed by atoms with Crippen molar-refractivity contribution in [3.05, 3.63) is 0 Å². The van der Waals surface area contributed by atoms with E-state index < -0.39 is 23.6 Å². The molecule has 0 heterocycles. The molecule has 0 saturated heterocycles. The number of carboxylic acids is 1. The minimum absolute atomic E-state index is 0.0458. The van der Waals surface area contributed by atoms with Crippen LogP contribution in [0.4, 0.5) is 13.2 Å². The van der Waals surface area contributed by atoms with Gasteiger partial charge in [-0.15, -0.1) is 0 Å². The van der Waals surface area contributed by atoms with Crippen molar-refractivity contribution in [1.29, 1.82) is 0 Å². The molecule has 1 saturated carbocycles. The van der Waals surface area contributed by atoms with Gasteiger partial charge in [0.15, 0.2) is 0 Å². The second-order valence-electron chi connectivity index (χ2n) is 2.84. The molecule has 1 aliphatic carbocycles. The molecule has 13 heavy (non-hydrogen) atoms. The lowest BCUT2D eigenvalue weighted by atomic mass is 10.3. The van der Waals surface area contributed by atoms with Crippen molar-refractivity contribution >= 4 is 11.9 Å². The summed E-state index contributed by atoms with van der Waals surface area (Å²) in [6, 6.07) is 0. The molecule has 0 atom stereocenters. The van der Waals surface area contributed by atoms with Crippen LogP contribution in [0.3, 0.4) is 0 Å². The molecule has 0 aromatic rings. The topological polar surface area (TPSA) is 66.4 Å². The number of aliphatic carboxylic acids is 1. The number of alkyl halides is 3. The SMILES string of the molecule is O=C(NC1(C(=O)O)CC1)C(F)(F)F. The second kappa shape index (κ2) is 2.61. The van der Waals surface area contributed by atoms with Gasteiger partial charge in [0.2, 0.25) is 0 Å². The van der Waals surface area contributed by atoms with Crippen molar-refractivity contribution in [1.82, 2.24) is 5.32 Å². The highest BCUT2D eigenvalue weighted by Crippen LogP contribution is 2.36. The zero-order chi connectivity index (χ0) is 10.3. The molecule has 1 rings (SSSR count). The van der Waals surface area contributed by atoms with Crippen molar-refractivity contribution in [2.75, 3.05) is 0 Å². The van der Waals surface area contributed by atoms with E-state index in [1.807, 2.05) is 0 Å².